The zero-order valence-corrected chi connectivity index (χ0v) is 29.9. The quantitative estimate of drug-likeness (QED) is 0.168. The Morgan fingerprint density at radius 3 is 1.29 bits per heavy atom. The summed E-state index contributed by atoms with van der Waals surface area (Å²) in [6, 6.07) is 71.0. The minimum atomic E-state index is 0.911. The second-order valence-electron chi connectivity index (χ2n) is 14.7. The molecule has 0 radical (unpaired) electrons. The molecule has 0 saturated carbocycles. The van der Waals surface area contributed by atoms with Crippen molar-refractivity contribution in [2.75, 3.05) is 0 Å². The van der Waals surface area contributed by atoms with E-state index in [1.54, 1.807) is 0 Å². The first-order chi connectivity index (χ1) is 27.3. The Bertz CT molecular complexity index is 3490. The molecule has 12 rings (SSSR count). The van der Waals surface area contributed by atoms with Crippen LogP contribution in [0.3, 0.4) is 0 Å². The number of furan rings is 1. The molecule has 1 heterocycles. The van der Waals surface area contributed by atoms with Crippen LogP contribution < -0.4 is 0 Å². The third kappa shape index (κ3) is 4.35. The molecular formula is C54H32O. The van der Waals surface area contributed by atoms with Gasteiger partial charge in [-0.15, -0.1) is 0 Å². The van der Waals surface area contributed by atoms with Crippen LogP contribution in [-0.2, 0) is 0 Å². The molecule has 1 heteroatoms. The molecule has 0 saturated heterocycles. The molecule has 12 aromatic rings. The molecule has 1 aromatic heterocycles. The van der Waals surface area contributed by atoms with Gasteiger partial charge in [0.1, 0.15) is 11.2 Å². The smallest absolute Gasteiger partial charge is 0.136 e. The summed E-state index contributed by atoms with van der Waals surface area (Å²) >= 11 is 0. The highest BCUT2D eigenvalue weighted by Gasteiger charge is 2.22. The first-order valence-electron chi connectivity index (χ1n) is 19.0. The van der Waals surface area contributed by atoms with E-state index in [4.69, 9.17) is 4.42 Å². The second kappa shape index (κ2) is 11.6. The highest BCUT2D eigenvalue weighted by molar-refractivity contribution is 6.30. The summed E-state index contributed by atoms with van der Waals surface area (Å²) in [4.78, 5) is 0. The van der Waals surface area contributed by atoms with E-state index < -0.39 is 0 Å². The first-order valence-corrected chi connectivity index (χ1v) is 19.0. The summed E-state index contributed by atoms with van der Waals surface area (Å²) in [7, 11) is 0. The van der Waals surface area contributed by atoms with Gasteiger partial charge in [-0.3, -0.25) is 0 Å². The molecule has 55 heavy (non-hydrogen) atoms. The van der Waals surface area contributed by atoms with Gasteiger partial charge in [0.05, 0.1) is 0 Å². The summed E-state index contributed by atoms with van der Waals surface area (Å²) in [6.07, 6.45) is 0. The normalized spacial score (nSPS) is 12.0. The highest BCUT2D eigenvalue weighted by atomic mass is 16.3. The van der Waals surface area contributed by atoms with Crippen molar-refractivity contribution in [2.24, 2.45) is 0 Å². The van der Waals surface area contributed by atoms with Crippen LogP contribution in [0.2, 0.25) is 0 Å². The van der Waals surface area contributed by atoms with Gasteiger partial charge in [-0.25, -0.2) is 0 Å². The van der Waals surface area contributed by atoms with E-state index in [1.807, 2.05) is 0 Å². The van der Waals surface area contributed by atoms with Crippen LogP contribution in [0.1, 0.15) is 0 Å². The predicted octanol–water partition coefficient (Wildman–Crippen LogP) is 15.5. The van der Waals surface area contributed by atoms with E-state index in [-0.39, 0.29) is 0 Å². The van der Waals surface area contributed by atoms with E-state index in [0.29, 0.717) is 0 Å². The maximum Gasteiger partial charge on any atom is 0.136 e. The summed E-state index contributed by atoms with van der Waals surface area (Å²) in [6.45, 7) is 0. The van der Waals surface area contributed by atoms with Crippen LogP contribution >= 0.6 is 0 Å². The Morgan fingerprint density at radius 2 is 0.655 bits per heavy atom. The lowest BCUT2D eigenvalue weighted by Crippen LogP contribution is -1.93. The van der Waals surface area contributed by atoms with E-state index in [2.05, 4.69) is 194 Å². The fourth-order valence-corrected chi connectivity index (χ4v) is 9.53. The maximum absolute atomic E-state index is 6.71. The summed E-state index contributed by atoms with van der Waals surface area (Å²) in [5.74, 6) is 0. The number of hydrogen-bond acceptors (Lipinski definition) is 1. The van der Waals surface area contributed by atoms with Crippen molar-refractivity contribution < 1.29 is 4.42 Å². The van der Waals surface area contributed by atoms with Crippen LogP contribution in [-0.4, -0.2) is 0 Å². The molecule has 11 aromatic carbocycles. The van der Waals surface area contributed by atoms with Gasteiger partial charge in [-0.1, -0.05) is 182 Å². The lowest BCUT2D eigenvalue weighted by Gasteiger charge is -2.20. The fourth-order valence-electron chi connectivity index (χ4n) is 9.53. The van der Waals surface area contributed by atoms with Crippen LogP contribution in [0.5, 0.6) is 0 Å². The number of hydrogen-bond donors (Lipinski definition) is 0. The molecule has 0 spiro atoms. The molecule has 0 aliphatic rings. The Balaban J connectivity index is 1.15. The average molecular weight is 697 g/mol. The summed E-state index contributed by atoms with van der Waals surface area (Å²) < 4.78 is 6.71. The maximum atomic E-state index is 6.71. The Hall–Kier alpha value is -7.22. The van der Waals surface area contributed by atoms with Crippen LogP contribution in [0.15, 0.2) is 199 Å². The monoisotopic (exact) mass is 696 g/mol. The van der Waals surface area contributed by atoms with Gasteiger partial charge < -0.3 is 4.42 Å². The third-order valence-electron chi connectivity index (χ3n) is 11.8. The molecule has 0 aliphatic heterocycles. The van der Waals surface area contributed by atoms with Crippen molar-refractivity contribution in [1.82, 2.24) is 0 Å². The highest BCUT2D eigenvalue weighted by Crippen LogP contribution is 2.49. The Morgan fingerprint density at radius 1 is 0.236 bits per heavy atom. The van der Waals surface area contributed by atoms with Gasteiger partial charge in [-0.05, 0) is 110 Å². The van der Waals surface area contributed by atoms with E-state index in [0.717, 1.165) is 11.2 Å². The zero-order chi connectivity index (χ0) is 36.0. The van der Waals surface area contributed by atoms with Crippen molar-refractivity contribution in [1.29, 1.82) is 0 Å². The van der Waals surface area contributed by atoms with Gasteiger partial charge in [0.15, 0.2) is 0 Å². The minimum absolute atomic E-state index is 0.911. The predicted molar refractivity (Wildman–Crippen MR) is 235 cm³/mol. The Labute approximate surface area is 317 Å². The van der Waals surface area contributed by atoms with Crippen LogP contribution in [0.4, 0.5) is 0 Å². The minimum Gasteiger partial charge on any atom is -0.456 e. The molecule has 0 bridgehead atoms. The first kappa shape index (κ1) is 30.3. The van der Waals surface area contributed by atoms with Crippen LogP contribution in [0.25, 0.3) is 120 Å². The van der Waals surface area contributed by atoms with E-state index in [1.165, 1.54) is 109 Å². The molecule has 254 valence electrons. The fraction of sp³-hybridized carbons (Fsp3) is 0. The molecule has 0 N–H and O–H groups in total. The zero-order valence-electron chi connectivity index (χ0n) is 29.9. The molecule has 0 unspecified atom stereocenters. The third-order valence-corrected chi connectivity index (χ3v) is 11.8. The van der Waals surface area contributed by atoms with Gasteiger partial charge in [0.25, 0.3) is 0 Å². The number of fused-ring (bicyclic) bond motifs is 11. The standard InChI is InChI=1S/C54H32O/c1-3-17-35-33(14-1)16-13-27-41(35)51-43-23-9-11-25-45(43)52(46-26-12-10-24-44(46)51)47-30-29-40(37-19-5-6-20-38(37)47)48-32-50-54(42-22-8-7-21-39(42)48)53-36-18-4-2-15-34(36)28-31-49(53)55-50/h1-32H. The lowest BCUT2D eigenvalue weighted by atomic mass is 9.82. The summed E-state index contributed by atoms with van der Waals surface area (Å²) in [5, 5.41) is 17.2. The number of rotatable bonds is 3. The largest absolute Gasteiger partial charge is 0.456 e. The van der Waals surface area contributed by atoms with Gasteiger partial charge in [0.2, 0.25) is 0 Å². The van der Waals surface area contributed by atoms with Crippen molar-refractivity contribution >= 4 is 86.6 Å². The molecule has 1 nitrogen and oxygen atoms in total. The molecule has 0 atom stereocenters. The van der Waals surface area contributed by atoms with Gasteiger partial charge in [0, 0.05) is 10.8 Å². The topological polar surface area (TPSA) is 13.1 Å². The van der Waals surface area contributed by atoms with Crippen molar-refractivity contribution in [2.45, 2.75) is 0 Å². The molecule has 0 amide bonds. The average Bonchev–Trinajstić information content (AvgIpc) is 3.64. The van der Waals surface area contributed by atoms with E-state index in [9.17, 15) is 0 Å². The van der Waals surface area contributed by atoms with Crippen molar-refractivity contribution in [3.8, 4) is 33.4 Å². The Kier molecular flexibility index (Phi) is 6.40. The number of benzene rings is 11. The van der Waals surface area contributed by atoms with Gasteiger partial charge in [-0.2, -0.15) is 0 Å². The second-order valence-corrected chi connectivity index (χ2v) is 14.7. The molecular weight excluding hydrogens is 665 g/mol. The van der Waals surface area contributed by atoms with E-state index >= 15 is 0 Å². The summed E-state index contributed by atoms with van der Waals surface area (Å²) in [5.41, 5.74) is 9.25. The van der Waals surface area contributed by atoms with Crippen molar-refractivity contribution in [3.05, 3.63) is 194 Å². The van der Waals surface area contributed by atoms with Gasteiger partial charge >= 0.3 is 0 Å². The molecule has 0 aliphatic carbocycles. The molecule has 0 fully saturated rings. The van der Waals surface area contributed by atoms with Crippen molar-refractivity contribution in [3.63, 3.8) is 0 Å². The van der Waals surface area contributed by atoms with Crippen LogP contribution in [0, 0.1) is 0 Å². The lowest BCUT2D eigenvalue weighted by molar-refractivity contribution is 0.669. The SMILES string of the molecule is c1ccc2c(-c3c4ccccc4c(-c4ccc(-c5cc6oc7ccc8ccccc8c7c6c6ccccc56)c5ccccc45)c4ccccc34)cccc2c1.